The second-order valence-corrected chi connectivity index (χ2v) is 15.1. The summed E-state index contributed by atoms with van der Waals surface area (Å²) in [6.45, 7) is 4.94. The number of phenolic OH excluding ortho intramolecular Hbond substituents is 1. The maximum Gasteiger partial charge on any atom is 0.260 e. The molecule has 4 rings (SSSR count). The number of fused-ring (bicyclic) bond motifs is 3. The normalized spacial score (nSPS) is 24.3. The molecule has 4 atom stereocenters. The average molecular weight is 698 g/mol. The Bertz CT molecular complexity index is 1580. The van der Waals surface area contributed by atoms with Crippen molar-refractivity contribution >= 4 is 58.0 Å². The van der Waals surface area contributed by atoms with Crippen molar-refractivity contribution in [3.05, 3.63) is 39.7 Å². The highest BCUT2D eigenvalue weighted by Crippen LogP contribution is 2.54. The van der Waals surface area contributed by atoms with Crippen LogP contribution in [0.15, 0.2) is 23.0 Å². The molecule has 2 amide bonds. The summed E-state index contributed by atoms with van der Waals surface area (Å²) in [6.07, 6.45) is 0.0613. The molecule has 0 unspecified atom stereocenters. The van der Waals surface area contributed by atoms with E-state index in [1.165, 1.54) is 23.9 Å². The van der Waals surface area contributed by atoms with Crippen LogP contribution in [-0.4, -0.2) is 117 Å². The third-order valence-electron chi connectivity index (χ3n) is 9.00. The van der Waals surface area contributed by atoms with Crippen LogP contribution in [0.1, 0.15) is 43.9 Å². The fourth-order valence-corrected chi connectivity index (χ4v) is 7.41. The first-order valence-corrected chi connectivity index (χ1v) is 15.9. The Labute approximate surface area is 283 Å². The van der Waals surface area contributed by atoms with E-state index in [0.29, 0.717) is 11.3 Å². The van der Waals surface area contributed by atoms with Gasteiger partial charge in [-0.1, -0.05) is 44.0 Å². The molecule has 0 bridgehead atoms. The van der Waals surface area contributed by atoms with Crippen molar-refractivity contribution in [3.63, 3.8) is 0 Å². The van der Waals surface area contributed by atoms with Gasteiger partial charge in [-0.05, 0) is 49.9 Å². The average Bonchev–Trinajstić information content (AvgIpc) is 2.94. The standard InChI is InChI=1S/C32H42Cl2N4O9/c1-31(2,3)12-38(30(46)28(33)34)11-15-10-18(36(4)5)16-8-14-9-17-22(37(6)7)25(42)21(29(45)35-13-39)27(44)32(17,47)26(43)19(14)24(41)20(16)23(15)40/h10,14,17,22,28,39-41,44,47H,8-9,11-13H2,1-7H3,(H,35,45)/t14-,17-,22-,32-/m0/s1. The van der Waals surface area contributed by atoms with E-state index in [1.54, 1.807) is 25.1 Å². The lowest BCUT2D eigenvalue weighted by molar-refractivity contribution is -0.154. The Hall–Kier alpha value is -3.36. The number of hydrogen-bond donors (Lipinski definition) is 6. The Morgan fingerprint density at radius 2 is 1.72 bits per heavy atom. The van der Waals surface area contributed by atoms with Gasteiger partial charge in [0.2, 0.25) is 5.78 Å². The topological polar surface area (TPSA) is 191 Å². The van der Waals surface area contributed by atoms with Crippen LogP contribution in [0.25, 0.3) is 5.76 Å². The summed E-state index contributed by atoms with van der Waals surface area (Å²) in [5, 5.41) is 57.9. The van der Waals surface area contributed by atoms with Gasteiger partial charge in [-0.15, -0.1) is 0 Å². The quantitative estimate of drug-likeness (QED) is 0.132. The molecule has 258 valence electrons. The van der Waals surface area contributed by atoms with Crippen molar-refractivity contribution in [2.24, 2.45) is 17.3 Å². The van der Waals surface area contributed by atoms with Crippen LogP contribution in [0.2, 0.25) is 0 Å². The lowest BCUT2D eigenvalue weighted by atomic mass is 9.57. The summed E-state index contributed by atoms with van der Waals surface area (Å²) < 4.78 is 0. The van der Waals surface area contributed by atoms with Gasteiger partial charge in [-0.2, -0.15) is 0 Å². The molecule has 1 saturated carbocycles. The van der Waals surface area contributed by atoms with Gasteiger partial charge in [0.05, 0.1) is 11.6 Å². The van der Waals surface area contributed by atoms with E-state index in [9.17, 15) is 44.7 Å². The third-order valence-corrected chi connectivity index (χ3v) is 9.38. The third kappa shape index (κ3) is 6.19. The molecule has 47 heavy (non-hydrogen) atoms. The SMILES string of the molecule is CN(C)c1cc(CN(CC(C)(C)C)C(=O)C(Cl)Cl)c(O)c2c1C[C@H]1C[C@H]3[C@H](N(C)C)C(=O)C(C(=O)NCO)=C(O)[C@@]3(O)C(=O)C1=C2O. The van der Waals surface area contributed by atoms with Crippen molar-refractivity contribution in [1.82, 2.24) is 15.1 Å². The predicted molar refractivity (Wildman–Crippen MR) is 175 cm³/mol. The number of halogens is 2. The first-order valence-electron chi connectivity index (χ1n) is 15.0. The summed E-state index contributed by atoms with van der Waals surface area (Å²) in [5.41, 5.74) is -3.10. The summed E-state index contributed by atoms with van der Waals surface area (Å²) in [6, 6.07) is 0.466. The molecule has 13 nitrogen and oxygen atoms in total. The number of aliphatic hydroxyl groups is 4. The largest absolute Gasteiger partial charge is 0.508 e. The van der Waals surface area contributed by atoms with Crippen molar-refractivity contribution in [2.45, 2.75) is 56.6 Å². The number of phenols is 1. The van der Waals surface area contributed by atoms with Crippen LogP contribution in [-0.2, 0) is 32.1 Å². The van der Waals surface area contributed by atoms with Gasteiger partial charge in [0.25, 0.3) is 11.8 Å². The predicted octanol–water partition coefficient (Wildman–Crippen LogP) is 1.79. The van der Waals surface area contributed by atoms with Crippen LogP contribution in [0, 0.1) is 17.3 Å². The molecular weight excluding hydrogens is 655 g/mol. The Kier molecular flexibility index (Phi) is 10.0. The summed E-state index contributed by atoms with van der Waals surface area (Å²) in [5.74, 6) is -7.90. The zero-order valence-corrected chi connectivity index (χ0v) is 28.9. The van der Waals surface area contributed by atoms with E-state index in [0.717, 1.165) is 0 Å². The highest BCUT2D eigenvalue weighted by atomic mass is 35.5. The van der Waals surface area contributed by atoms with Gasteiger partial charge in [0.15, 0.2) is 16.2 Å². The van der Waals surface area contributed by atoms with Gasteiger partial charge in [-0.3, -0.25) is 24.1 Å². The van der Waals surface area contributed by atoms with Gasteiger partial charge < -0.3 is 40.6 Å². The van der Waals surface area contributed by atoms with Gasteiger partial charge >= 0.3 is 0 Å². The molecule has 15 heteroatoms. The molecule has 0 heterocycles. The number of aromatic hydroxyl groups is 1. The lowest BCUT2D eigenvalue weighted by Gasteiger charge is -2.50. The fraction of sp³-hybridized carbons (Fsp3) is 0.562. The van der Waals surface area contributed by atoms with Crippen LogP contribution in [0.5, 0.6) is 5.75 Å². The Balaban J connectivity index is 1.94. The van der Waals surface area contributed by atoms with Gasteiger partial charge in [0.1, 0.15) is 29.6 Å². The van der Waals surface area contributed by atoms with Crippen molar-refractivity contribution in [1.29, 1.82) is 0 Å². The van der Waals surface area contributed by atoms with Crippen LogP contribution in [0.3, 0.4) is 0 Å². The summed E-state index contributed by atoms with van der Waals surface area (Å²) in [4.78, 5) is 56.8. The van der Waals surface area contributed by atoms with E-state index in [1.807, 2.05) is 26.1 Å². The second-order valence-electron chi connectivity index (χ2n) is 14.0. The number of nitrogens with one attached hydrogen (secondary N) is 1. The number of carbonyl (C=O) groups is 4. The Morgan fingerprint density at radius 3 is 2.23 bits per heavy atom. The number of benzene rings is 1. The van der Waals surface area contributed by atoms with Crippen LogP contribution >= 0.6 is 23.2 Å². The highest BCUT2D eigenvalue weighted by molar-refractivity contribution is 6.53. The number of nitrogens with zero attached hydrogens (tertiary/aromatic N) is 3. The van der Waals surface area contributed by atoms with Crippen molar-refractivity contribution in [3.8, 4) is 5.75 Å². The molecule has 3 aliphatic rings. The lowest BCUT2D eigenvalue weighted by Crippen LogP contribution is -2.65. The van der Waals surface area contributed by atoms with Crippen molar-refractivity contribution in [2.75, 3.05) is 46.4 Å². The van der Waals surface area contributed by atoms with Gasteiger partial charge in [-0.25, -0.2) is 0 Å². The fourth-order valence-electron chi connectivity index (χ4n) is 7.14. The molecule has 3 aliphatic carbocycles. The number of carbonyl (C=O) groups excluding carboxylic acids is 4. The molecule has 0 spiro atoms. The maximum atomic E-state index is 14.3. The monoisotopic (exact) mass is 696 g/mol. The van der Waals surface area contributed by atoms with Crippen LogP contribution in [0.4, 0.5) is 5.69 Å². The molecular formula is C32H42Cl2N4O9. The van der Waals surface area contributed by atoms with E-state index in [2.05, 4.69) is 0 Å². The molecule has 1 fully saturated rings. The molecule has 6 N–H and O–H groups in total. The first kappa shape index (κ1) is 36.5. The number of likely N-dealkylation sites (N-methyl/N-ethyl adjacent to an activating group) is 1. The minimum Gasteiger partial charge on any atom is -0.508 e. The number of amides is 2. The molecule has 0 saturated heterocycles. The molecule has 1 aromatic rings. The summed E-state index contributed by atoms with van der Waals surface area (Å²) >= 11 is 11.9. The number of Topliss-reactive ketones (excluding diaryl/α,β-unsaturated/α-hetero) is 2. The van der Waals surface area contributed by atoms with E-state index in [4.69, 9.17) is 23.2 Å². The Morgan fingerprint density at radius 1 is 1.11 bits per heavy atom. The number of ketones is 2. The molecule has 0 aliphatic heterocycles. The van der Waals surface area contributed by atoms with E-state index >= 15 is 0 Å². The number of anilines is 1. The number of aliphatic hydroxyl groups excluding tert-OH is 3. The minimum atomic E-state index is -2.79. The molecule has 0 aromatic heterocycles. The zero-order chi connectivity index (χ0) is 35.5. The smallest absolute Gasteiger partial charge is 0.260 e. The van der Waals surface area contributed by atoms with Gasteiger partial charge in [0, 0.05) is 49.9 Å². The van der Waals surface area contributed by atoms with Crippen LogP contribution < -0.4 is 10.2 Å². The number of hydrogen-bond acceptors (Lipinski definition) is 11. The van der Waals surface area contributed by atoms with E-state index < -0.39 is 81.3 Å². The molecule has 1 aromatic carbocycles. The number of alkyl halides is 2. The highest BCUT2D eigenvalue weighted by Gasteiger charge is 2.64. The second kappa shape index (κ2) is 12.9. The summed E-state index contributed by atoms with van der Waals surface area (Å²) in [7, 11) is 6.58. The van der Waals surface area contributed by atoms with E-state index in [-0.39, 0.29) is 48.0 Å². The zero-order valence-electron chi connectivity index (χ0n) is 27.4. The number of rotatable bonds is 8. The first-order chi connectivity index (χ1) is 21.7. The maximum absolute atomic E-state index is 14.3. The van der Waals surface area contributed by atoms with Crippen molar-refractivity contribution < 1.29 is 44.7 Å². The molecule has 0 radical (unpaired) electrons. The minimum absolute atomic E-state index is 0.0509.